The summed E-state index contributed by atoms with van der Waals surface area (Å²) in [4.78, 5) is 15.4. The smallest absolute Gasteiger partial charge is 0.237 e. The summed E-state index contributed by atoms with van der Waals surface area (Å²) < 4.78 is 0.981. The number of hydrazine groups is 1. The van der Waals surface area contributed by atoms with Crippen LogP contribution in [0.25, 0.3) is 0 Å². The number of hydrogen-bond acceptors (Lipinski definition) is 5. The van der Waals surface area contributed by atoms with Crippen molar-refractivity contribution in [3.05, 3.63) is 11.6 Å². The first kappa shape index (κ1) is 11.5. The van der Waals surface area contributed by atoms with Gasteiger partial charge in [-0.3, -0.25) is 10.2 Å². The fourth-order valence-electron chi connectivity index (χ4n) is 0.874. The van der Waals surface area contributed by atoms with Gasteiger partial charge in [0, 0.05) is 22.7 Å². The van der Waals surface area contributed by atoms with Gasteiger partial charge in [0.1, 0.15) is 4.34 Å². The van der Waals surface area contributed by atoms with Gasteiger partial charge in [-0.2, -0.15) is 0 Å². The molecule has 0 aliphatic heterocycles. The number of aromatic nitrogens is 1. The molecular formula is C8H13N3OS2. The molecule has 1 aromatic heterocycles. The van der Waals surface area contributed by atoms with E-state index in [1.807, 2.05) is 19.2 Å². The van der Waals surface area contributed by atoms with Crippen molar-refractivity contribution in [1.29, 1.82) is 0 Å². The van der Waals surface area contributed by atoms with Gasteiger partial charge in [-0.05, 0) is 0 Å². The molecule has 0 bridgehead atoms. The number of thiazole rings is 1. The zero-order valence-corrected chi connectivity index (χ0v) is 9.69. The molecule has 0 saturated carbocycles. The molecule has 0 aliphatic rings. The largest absolute Gasteiger partial charge is 0.294 e. The lowest BCUT2D eigenvalue weighted by Crippen LogP contribution is -2.38. The third-order valence-corrected chi connectivity index (χ3v) is 4.19. The minimum Gasteiger partial charge on any atom is -0.294 e. The fraction of sp³-hybridized carbons (Fsp3) is 0.500. The van der Waals surface area contributed by atoms with Gasteiger partial charge >= 0.3 is 0 Å². The van der Waals surface area contributed by atoms with Crippen molar-refractivity contribution < 1.29 is 4.79 Å². The maximum atomic E-state index is 11.2. The molecule has 14 heavy (non-hydrogen) atoms. The van der Waals surface area contributed by atoms with Crippen molar-refractivity contribution in [3.8, 4) is 0 Å². The number of thioether (sulfide) groups is 1. The molecule has 78 valence electrons. The summed E-state index contributed by atoms with van der Waals surface area (Å²) in [6.07, 6.45) is 1.76. The molecule has 2 unspecified atom stereocenters. The predicted molar refractivity (Wildman–Crippen MR) is 58.9 cm³/mol. The minimum atomic E-state index is -0.137. The van der Waals surface area contributed by atoms with Gasteiger partial charge in [-0.25, -0.2) is 10.8 Å². The molecular weight excluding hydrogens is 218 g/mol. The molecule has 4 nitrogen and oxygen atoms in total. The number of nitrogens with one attached hydrogen (secondary N) is 1. The first-order chi connectivity index (χ1) is 6.65. The van der Waals surface area contributed by atoms with E-state index in [0.29, 0.717) is 0 Å². The number of carbonyl (C=O) groups is 1. The quantitative estimate of drug-likeness (QED) is 0.354. The molecule has 0 spiro atoms. The zero-order valence-electron chi connectivity index (χ0n) is 8.06. The second-order valence-electron chi connectivity index (χ2n) is 2.92. The van der Waals surface area contributed by atoms with Crippen LogP contribution >= 0.6 is 23.1 Å². The van der Waals surface area contributed by atoms with Gasteiger partial charge in [-0.15, -0.1) is 11.3 Å². The van der Waals surface area contributed by atoms with E-state index in [0.717, 1.165) is 4.34 Å². The van der Waals surface area contributed by atoms with Crippen LogP contribution in [0.3, 0.4) is 0 Å². The highest BCUT2D eigenvalue weighted by atomic mass is 32.2. The molecule has 6 heteroatoms. The first-order valence-electron chi connectivity index (χ1n) is 4.21. The highest BCUT2D eigenvalue weighted by Crippen LogP contribution is 2.29. The Morgan fingerprint density at radius 2 is 2.43 bits per heavy atom. The second-order valence-corrected chi connectivity index (χ2v) is 5.44. The third-order valence-electron chi connectivity index (χ3n) is 1.96. The van der Waals surface area contributed by atoms with Crippen LogP contribution in [0.2, 0.25) is 0 Å². The highest BCUT2D eigenvalue weighted by Gasteiger charge is 2.20. The Hall–Kier alpha value is -0.590. The monoisotopic (exact) mass is 231 g/mol. The summed E-state index contributed by atoms with van der Waals surface area (Å²) in [5.41, 5.74) is 2.16. The molecule has 0 aromatic carbocycles. The lowest BCUT2D eigenvalue weighted by Gasteiger charge is -2.15. The van der Waals surface area contributed by atoms with E-state index in [-0.39, 0.29) is 17.1 Å². The molecule has 0 fully saturated rings. The van der Waals surface area contributed by atoms with Crippen molar-refractivity contribution in [2.24, 2.45) is 11.8 Å². The van der Waals surface area contributed by atoms with Crippen molar-refractivity contribution >= 4 is 29.0 Å². The fourth-order valence-corrected chi connectivity index (χ4v) is 2.85. The summed E-state index contributed by atoms with van der Waals surface area (Å²) in [5, 5.41) is 2.09. The summed E-state index contributed by atoms with van der Waals surface area (Å²) in [6, 6.07) is 0. The molecule has 0 saturated heterocycles. The number of nitrogens with zero attached hydrogens (tertiary/aromatic N) is 1. The van der Waals surface area contributed by atoms with Gasteiger partial charge in [-0.1, -0.05) is 25.6 Å². The van der Waals surface area contributed by atoms with E-state index in [1.165, 1.54) is 0 Å². The van der Waals surface area contributed by atoms with Crippen LogP contribution in [0.1, 0.15) is 13.8 Å². The minimum absolute atomic E-state index is 0.117. The van der Waals surface area contributed by atoms with Crippen LogP contribution < -0.4 is 11.3 Å². The molecule has 1 heterocycles. The Balaban J connectivity index is 2.49. The van der Waals surface area contributed by atoms with Crippen LogP contribution in [0.15, 0.2) is 15.9 Å². The van der Waals surface area contributed by atoms with Gasteiger partial charge in [0.25, 0.3) is 0 Å². The van der Waals surface area contributed by atoms with Crippen molar-refractivity contribution in [1.82, 2.24) is 10.4 Å². The molecule has 0 radical (unpaired) electrons. The summed E-state index contributed by atoms with van der Waals surface area (Å²) in [6.45, 7) is 3.85. The van der Waals surface area contributed by atoms with E-state index in [4.69, 9.17) is 5.84 Å². The SMILES string of the molecule is CC(Sc1nccs1)C(C)C(=O)NN. The van der Waals surface area contributed by atoms with Gasteiger partial charge < -0.3 is 0 Å². The summed E-state index contributed by atoms with van der Waals surface area (Å²) in [5.74, 6) is 4.81. The summed E-state index contributed by atoms with van der Waals surface area (Å²) in [7, 11) is 0. The molecule has 0 aliphatic carbocycles. The van der Waals surface area contributed by atoms with Crippen LogP contribution in [-0.2, 0) is 4.79 Å². The van der Waals surface area contributed by atoms with Crippen LogP contribution in [0.5, 0.6) is 0 Å². The molecule has 3 N–H and O–H groups in total. The van der Waals surface area contributed by atoms with Crippen molar-refractivity contribution in [3.63, 3.8) is 0 Å². The second kappa shape index (κ2) is 5.33. The van der Waals surface area contributed by atoms with Gasteiger partial charge in [0.15, 0.2) is 0 Å². The predicted octanol–water partition coefficient (Wildman–Crippen LogP) is 1.25. The standard InChI is InChI=1S/C8H13N3OS2/c1-5(7(12)11-9)6(2)14-8-10-3-4-13-8/h3-6H,9H2,1-2H3,(H,11,12). The average molecular weight is 231 g/mol. The average Bonchev–Trinajstić information content (AvgIpc) is 2.68. The summed E-state index contributed by atoms with van der Waals surface area (Å²) >= 11 is 3.17. The van der Waals surface area contributed by atoms with E-state index in [1.54, 1.807) is 29.3 Å². The van der Waals surface area contributed by atoms with Crippen LogP contribution in [-0.4, -0.2) is 16.1 Å². The van der Waals surface area contributed by atoms with Gasteiger partial charge in [0.2, 0.25) is 5.91 Å². The number of amides is 1. The lowest BCUT2D eigenvalue weighted by atomic mass is 10.1. The maximum Gasteiger partial charge on any atom is 0.237 e. The molecule has 1 rings (SSSR count). The Morgan fingerprint density at radius 3 is 2.93 bits per heavy atom. The van der Waals surface area contributed by atoms with Crippen LogP contribution in [0.4, 0.5) is 0 Å². The Kier molecular flexibility index (Phi) is 4.37. The van der Waals surface area contributed by atoms with E-state index in [9.17, 15) is 4.79 Å². The number of hydrogen-bond donors (Lipinski definition) is 2. The van der Waals surface area contributed by atoms with E-state index < -0.39 is 0 Å². The number of carbonyl (C=O) groups excluding carboxylic acids is 1. The topological polar surface area (TPSA) is 68.0 Å². The van der Waals surface area contributed by atoms with Crippen LogP contribution in [0, 0.1) is 5.92 Å². The van der Waals surface area contributed by atoms with E-state index >= 15 is 0 Å². The first-order valence-corrected chi connectivity index (χ1v) is 5.97. The normalized spacial score (nSPS) is 14.8. The van der Waals surface area contributed by atoms with Crippen molar-refractivity contribution in [2.45, 2.75) is 23.4 Å². The van der Waals surface area contributed by atoms with Crippen molar-refractivity contribution in [2.75, 3.05) is 0 Å². The number of rotatable bonds is 4. The Morgan fingerprint density at radius 1 is 1.71 bits per heavy atom. The Bertz CT molecular complexity index is 289. The molecule has 2 atom stereocenters. The van der Waals surface area contributed by atoms with E-state index in [2.05, 4.69) is 10.4 Å². The number of nitrogens with two attached hydrogens (primary N) is 1. The zero-order chi connectivity index (χ0) is 10.6. The van der Waals surface area contributed by atoms with Gasteiger partial charge in [0.05, 0.1) is 0 Å². The molecule has 1 aromatic rings. The Labute approximate surface area is 91.3 Å². The molecule has 1 amide bonds. The lowest BCUT2D eigenvalue weighted by molar-refractivity contribution is -0.124. The third kappa shape index (κ3) is 2.97. The maximum absolute atomic E-state index is 11.2. The highest BCUT2D eigenvalue weighted by molar-refractivity contribution is 8.01.